The average molecular weight is 265 g/mol. The topological polar surface area (TPSA) is 58.8 Å². The molecule has 5 heteroatoms. The van der Waals surface area contributed by atoms with E-state index in [1.807, 2.05) is 12.1 Å². The van der Waals surface area contributed by atoms with E-state index in [9.17, 15) is 0 Å². The number of guanidine groups is 1. The van der Waals surface area contributed by atoms with E-state index in [2.05, 4.69) is 15.6 Å². The normalized spacial score (nSPS) is 17.3. The highest BCUT2D eigenvalue weighted by molar-refractivity contribution is 5.79. The minimum absolute atomic E-state index is 0.415. The maximum absolute atomic E-state index is 5.28. The van der Waals surface area contributed by atoms with E-state index < -0.39 is 0 Å². The van der Waals surface area contributed by atoms with Crippen molar-refractivity contribution in [2.24, 2.45) is 10.4 Å². The molecule has 106 valence electrons. The Morgan fingerprint density at radius 2 is 2.32 bits per heavy atom. The maximum atomic E-state index is 5.28. The molecule has 0 radical (unpaired) electrons. The first-order chi connectivity index (χ1) is 9.28. The van der Waals surface area contributed by atoms with Crippen molar-refractivity contribution in [3.63, 3.8) is 0 Å². The summed E-state index contributed by atoms with van der Waals surface area (Å²) in [6.07, 6.45) is 5.35. The molecule has 0 saturated heterocycles. The summed E-state index contributed by atoms with van der Waals surface area (Å²) < 4.78 is 10.4. The number of nitrogens with one attached hydrogen (secondary N) is 2. The van der Waals surface area contributed by atoms with Gasteiger partial charge in [-0.25, -0.2) is 0 Å². The third-order valence-corrected chi connectivity index (χ3v) is 3.66. The second-order valence-electron chi connectivity index (χ2n) is 5.10. The van der Waals surface area contributed by atoms with E-state index in [4.69, 9.17) is 9.15 Å². The quantitative estimate of drug-likeness (QED) is 0.582. The van der Waals surface area contributed by atoms with Crippen LogP contribution in [0, 0.1) is 5.41 Å². The number of nitrogens with zero attached hydrogens (tertiary/aromatic N) is 1. The highest BCUT2D eigenvalue weighted by atomic mass is 16.5. The van der Waals surface area contributed by atoms with Crippen LogP contribution in [-0.4, -0.2) is 33.3 Å². The van der Waals surface area contributed by atoms with Crippen LogP contribution in [0.25, 0.3) is 0 Å². The molecule has 19 heavy (non-hydrogen) atoms. The van der Waals surface area contributed by atoms with Crippen molar-refractivity contribution < 1.29 is 9.15 Å². The van der Waals surface area contributed by atoms with Gasteiger partial charge >= 0.3 is 0 Å². The van der Waals surface area contributed by atoms with E-state index in [-0.39, 0.29) is 0 Å². The first kappa shape index (κ1) is 13.9. The molecular weight excluding hydrogens is 242 g/mol. The van der Waals surface area contributed by atoms with Crippen molar-refractivity contribution in [3.05, 3.63) is 24.2 Å². The molecule has 0 unspecified atom stereocenters. The Labute approximate surface area is 114 Å². The number of aliphatic imine (C=N–C) groups is 1. The second-order valence-corrected chi connectivity index (χ2v) is 5.10. The second kappa shape index (κ2) is 6.61. The summed E-state index contributed by atoms with van der Waals surface area (Å²) >= 11 is 0. The fraction of sp³-hybridized carbons (Fsp3) is 0.643. The van der Waals surface area contributed by atoms with Gasteiger partial charge in [-0.15, -0.1) is 0 Å². The predicted molar refractivity (Wildman–Crippen MR) is 75.1 cm³/mol. The Morgan fingerprint density at radius 3 is 2.89 bits per heavy atom. The first-order valence-corrected chi connectivity index (χ1v) is 6.74. The van der Waals surface area contributed by atoms with E-state index in [0.29, 0.717) is 12.0 Å². The molecule has 0 amide bonds. The van der Waals surface area contributed by atoms with Crippen LogP contribution in [-0.2, 0) is 11.3 Å². The van der Waals surface area contributed by atoms with Crippen molar-refractivity contribution in [1.29, 1.82) is 0 Å². The molecule has 0 aliphatic heterocycles. The Hall–Kier alpha value is -1.49. The summed E-state index contributed by atoms with van der Waals surface area (Å²) in [4.78, 5) is 4.22. The number of rotatable bonds is 7. The van der Waals surface area contributed by atoms with Crippen molar-refractivity contribution >= 4 is 5.96 Å². The van der Waals surface area contributed by atoms with Gasteiger partial charge in [-0.3, -0.25) is 4.99 Å². The molecular formula is C14H23N3O2. The van der Waals surface area contributed by atoms with Crippen molar-refractivity contribution in [2.75, 3.05) is 27.3 Å². The van der Waals surface area contributed by atoms with Crippen LogP contribution < -0.4 is 10.6 Å². The molecule has 1 heterocycles. The van der Waals surface area contributed by atoms with Crippen LogP contribution in [0.15, 0.2) is 27.8 Å². The molecule has 2 rings (SSSR count). The zero-order valence-corrected chi connectivity index (χ0v) is 11.7. The number of methoxy groups -OCH3 is 1. The number of furan rings is 1. The third-order valence-electron chi connectivity index (χ3n) is 3.66. The summed E-state index contributed by atoms with van der Waals surface area (Å²) in [5.74, 6) is 1.73. The molecule has 0 atom stereocenters. The lowest BCUT2D eigenvalue weighted by molar-refractivity contribution is 0.172. The van der Waals surface area contributed by atoms with Gasteiger partial charge in [-0.2, -0.15) is 0 Å². The highest BCUT2D eigenvalue weighted by Gasteiger charge is 2.41. The van der Waals surface area contributed by atoms with Crippen molar-refractivity contribution in [3.8, 4) is 0 Å². The fourth-order valence-electron chi connectivity index (χ4n) is 2.09. The van der Waals surface area contributed by atoms with E-state index >= 15 is 0 Å². The Kier molecular flexibility index (Phi) is 4.85. The minimum atomic E-state index is 0.415. The fourth-order valence-corrected chi connectivity index (χ4v) is 2.09. The zero-order valence-electron chi connectivity index (χ0n) is 11.7. The molecule has 0 spiro atoms. The predicted octanol–water partition coefficient (Wildman–Crippen LogP) is 1.76. The lowest BCUT2D eigenvalue weighted by Gasteiger charge is -2.17. The summed E-state index contributed by atoms with van der Waals surface area (Å²) in [7, 11) is 3.54. The van der Waals surface area contributed by atoms with Gasteiger partial charge in [0.25, 0.3) is 0 Å². The van der Waals surface area contributed by atoms with Gasteiger partial charge in [-0.1, -0.05) is 0 Å². The summed E-state index contributed by atoms with van der Waals surface area (Å²) in [6.45, 7) is 2.44. The smallest absolute Gasteiger partial charge is 0.191 e. The van der Waals surface area contributed by atoms with Gasteiger partial charge in [0.15, 0.2) is 5.96 Å². The van der Waals surface area contributed by atoms with Gasteiger partial charge in [0.1, 0.15) is 5.76 Å². The van der Waals surface area contributed by atoms with Crippen LogP contribution in [0.5, 0.6) is 0 Å². The van der Waals surface area contributed by atoms with E-state index in [1.165, 1.54) is 12.8 Å². The maximum Gasteiger partial charge on any atom is 0.191 e. The summed E-state index contributed by atoms with van der Waals surface area (Å²) in [6, 6.07) is 3.83. The lowest BCUT2D eigenvalue weighted by Crippen LogP contribution is -2.40. The molecule has 1 saturated carbocycles. The number of hydrogen-bond acceptors (Lipinski definition) is 3. The van der Waals surface area contributed by atoms with Gasteiger partial charge < -0.3 is 19.8 Å². The largest absolute Gasteiger partial charge is 0.467 e. The molecule has 1 aliphatic carbocycles. The van der Waals surface area contributed by atoms with E-state index in [0.717, 1.165) is 31.3 Å². The SMILES string of the molecule is CN=C(NCc1ccco1)NCC1(CCOC)CC1. The van der Waals surface area contributed by atoms with Gasteiger partial charge in [0, 0.05) is 27.3 Å². The molecule has 1 aromatic heterocycles. The van der Waals surface area contributed by atoms with Crippen LogP contribution in [0.3, 0.4) is 0 Å². The van der Waals surface area contributed by atoms with Crippen LogP contribution in [0.1, 0.15) is 25.0 Å². The Morgan fingerprint density at radius 1 is 1.47 bits per heavy atom. The van der Waals surface area contributed by atoms with Gasteiger partial charge in [0.2, 0.25) is 0 Å². The van der Waals surface area contributed by atoms with Gasteiger partial charge in [0.05, 0.1) is 12.8 Å². The van der Waals surface area contributed by atoms with Crippen molar-refractivity contribution in [1.82, 2.24) is 10.6 Å². The van der Waals surface area contributed by atoms with Gasteiger partial charge in [-0.05, 0) is 36.8 Å². The Balaban J connectivity index is 1.71. The van der Waals surface area contributed by atoms with Crippen LogP contribution >= 0.6 is 0 Å². The lowest BCUT2D eigenvalue weighted by atomic mass is 10.0. The average Bonchev–Trinajstić information content (AvgIpc) is 3.00. The minimum Gasteiger partial charge on any atom is -0.467 e. The zero-order chi connectivity index (χ0) is 13.6. The number of hydrogen-bond donors (Lipinski definition) is 2. The van der Waals surface area contributed by atoms with Crippen LogP contribution in [0.2, 0.25) is 0 Å². The van der Waals surface area contributed by atoms with Crippen LogP contribution in [0.4, 0.5) is 0 Å². The molecule has 0 bridgehead atoms. The van der Waals surface area contributed by atoms with Crippen molar-refractivity contribution in [2.45, 2.75) is 25.8 Å². The highest BCUT2D eigenvalue weighted by Crippen LogP contribution is 2.48. The first-order valence-electron chi connectivity index (χ1n) is 6.74. The number of ether oxygens (including phenoxy) is 1. The Bertz CT molecular complexity index is 397. The summed E-state index contributed by atoms with van der Waals surface area (Å²) in [5.41, 5.74) is 0.415. The molecule has 0 aromatic carbocycles. The summed E-state index contributed by atoms with van der Waals surface area (Å²) in [5, 5.41) is 6.63. The molecule has 1 fully saturated rings. The third kappa shape index (κ3) is 4.28. The van der Waals surface area contributed by atoms with E-state index in [1.54, 1.807) is 20.4 Å². The molecule has 5 nitrogen and oxygen atoms in total. The monoisotopic (exact) mass is 265 g/mol. The molecule has 1 aromatic rings. The molecule has 2 N–H and O–H groups in total. The standard InChI is InChI=1S/C14H23N3O2/c1-15-13(16-10-12-4-3-8-19-12)17-11-14(5-6-14)7-9-18-2/h3-4,8H,5-7,9-11H2,1-2H3,(H2,15,16,17). The molecule has 1 aliphatic rings.